The summed E-state index contributed by atoms with van der Waals surface area (Å²) in [4.78, 5) is 4.25. The zero-order chi connectivity index (χ0) is 17.2. The van der Waals surface area contributed by atoms with E-state index in [2.05, 4.69) is 21.7 Å². The van der Waals surface area contributed by atoms with Crippen molar-refractivity contribution in [3.8, 4) is 0 Å². The lowest BCUT2D eigenvalue weighted by Crippen LogP contribution is -2.38. The summed E-state index contributed by atoms with van der Waals surface area (Å²) < 4.78 is 5.32. The number of guanidine groups is 1. The molecule has 2 rings (SSSR count). The molecule has 25 heavy (non-hydrogen) atoms. The van der Waals surface area contributed by atoms with Gasteiger partial charge in [0.2, 0.25) is 0 Å². The highest BCUT2D eigenvalue weighted by Crippen LogP contribution is 2.21. The molecule has 140 valence electrons. The Morgan fingerprint density at radius 2 is 2.00 bits per heavy atom. The van der Waals surface area contributed by atoms with Crippen LogP contribution in [0.4, 0.5) is 0 Å². The minimum atomic E-state index is 0. The van der Waals surface area contributed by atoms with Gasteiger partial charge in [0, 0.05) is 30.2 Å². The molecule has 1 aromatic carbocycles. The number of nitrogens with one attached hydrogen (secondary N) is 2. The summed E-state index contributed by atoms with van der Waals surface area (Å²) in [5.74, 6) is 0.838. The molecule has 1 aromatic rings. The van der Waals surface area contributed by atoms with E-state index in [4.69, 9.17) is 27.9 Å². The van der Waals surface area contributed by atoms with Crippen LogP contribution in [0.1, 0.15) is 24.8 Å². The van der Waals surface area contributed by atoms with Crippen LogP contribution in [0.25, 0.3) is 0 Å². The Morgan fingerprint density at radius 1 is 1.20 bits per heavy atom. The number of halogens is 3. The SMILES string of the molecule is CN=C(NCCCc1ccc(Cl)cc1Cl)NCCC1=CCOCC1.I. The Labute approximate surface area is 177 Å². The Hall–Kier alpha value is -0.500. The van der Waals surface area contributed by atoms with Gasteiger partial charge in [-0.3, -0.25) is 4.99 Å². The first-order valence-corrected chi connectivity index (χ1v) is 9.08. The third-order valence-electron chi connectivity index (χ3n) is 3.95. The maximum atomic E-state index is 6.19. The van der Waals surface area contributed by atoms with E-state index < -0.39 is 0 Å². The van der Waals surface area contributed by atoms with Gasteiger partial charge in [0.05, 0.1) is 13.2 Å². The predicted molar refractivity (Wildman–Crippen MR) is 118 cm³/mol. The monoisotopic (exact) mass is 497 g/mol. The van der Waals surface area contributed by atoms with Gasteiger partial charge in [0.25, 0.3) is 0 Å². The fourth-order valence-electron chi connectivity index (χ4n) is 2.56. The van der Waals surface area contributed by atoms with Crippen LogP contribution in [-0.4, -0.2) is 39.3 Å². The largest absolute Gasteiger partial charge is 0.377 e. The van der Waals surface area contributed by atoms with Crippen molar-refractivity contribution in [1.29, 1.82) is 0 Å². The molecule has 0 saturated heterocycles. The molecule has 4 nitrogen and oxygen atoms in total. The molecule has 0 amide bonds. The van der Waals surface area contributed by atoms with Gasteiger partial charge < -0.3 is 15.4 Å². The molecule has 0 atom stereocenters. The van der Waals surface area contributed by atoms with E-state index in [1.165, 1.54) is 5.57 Å². The number of rotatable bonds is 7. The molecule has 2 N–H and O–H groups in total. The number of ether oxygens (including phenoxy) is 1. The number of aliphatic imine (C=N–C) groups is 1. The number of hydrogen-bond donors (Lipinski definition) is 2. The topological polar surface area (TPSA) is 45.7 Å². The van der Waals surface area contributed by atoms with Crippen LogP contribution in [0.15, 0.2) is 34.8 Å². The van der Waals surface area contributed by atoms with Gasteiger partial charge in [-0.2, -0.15) is 0 Å². The van der Waals surface area contributed by atoms with Crippen LogP contribution in [0, 0.1) is 0 Å². The van der Waals surface area contributed by atoms with E-state index in [1.807, 2.05) is 12.1 Å². The number of nitrogens with zero attached hydrogens (tertiary/aromatic N) is 1. The predicted octanol–water partition coefficient (Wildman–Crippen LogP) is 4.45. The van der Waals surface area contributed by atoms with Gasteiger partial charge in [-0.05, 0) is 43.4 Å². The highest BCUT2D eigenvalue weighted by molar-refractivity contribution is 14.0. The van der Waals surface area contributed by atoms with Crippen molar-refractivity contribution < 1.29 is 4.74 Å². The van der Waals surface area contributed by atoms with Crippen LogP contribution in [0.2, 0.25) is 10.0 Å². The van der Waals surface area contributed by atoms with Crippen molar-refractivity contribution >= 4 is 53.1 Å². The maximum Gasteiger partial charge on any atom is 0.190 e. The highest BCUT2D eigenvalue weighted by Gasteiger charge is 2.05. The van der Waals surface area contributed by atoms with Crippen molar-refractivity contribution in [2.45, 2.75) is 25.7 Å². The first-order chi connectivity index (χ1) is 11.7. The average Bonchev–Trinajstić information content (AvgIpc) is 2.59. The molecule has 7 heteroatoms. The van der Waals surface area contributed by atoms with E-state index in [0.29, 0.717) is 5.02 Å². The standard InChI is InChI=1S/C18H25Cl2N3O.HI/c1-21-18(23-10-6-14-7-11-24-12-8-14)22-9-2-3-15-4-5-16(19)13-17(15)20;/h4-5,7,13H,2-3,6,8-12H2,1H3,(H2,21,22,23);1H. The van der Waals surface area contributed by atoms with Crippen molar-refractivity contribution in [1.82, 2.24) is 10.6 Å². The second-order valence-electron chi connectivity index (χ2n) is 5.70. The molecule has 0 fully saturated rings. The fourth-order valence-corrected chi connectivity index (χ4v) is 3.07. The fraction of sp³-hybridized carbons (Fsp3) is 0.500. The first-order valence-electron chi connectivity index (χ1n) is 8.33. The van der Waals surface area contributed by atoms with Gasteiger partial charge >= 0.3 is 0 Å². The Morgan fingerprint density at radius 3 is 2.68 bits per heavy atom. The zero-order valence-electron chi connectivity index (χ0n) is 14.5. The van der Waals surface area contributed by atoms with Crippen LogP contribution >= 0.6 is 47.2 Å². The van der Waals surface area contributed by atoms with Crippen LogP contribution in [0.5, 0.6) is 0 Å². The van der Waals surface area contributed by atoms with Crippen molar-refractivity contribution in [2.75, 3.05) is 33.4 Å². The average molecular weight is 498 g/mol. The molecule has 1 aliphatic rings. The summed E-state index contributed by atoms with van der Waals surface area (Å²) in [6, 6.07) is 5.65. The van der Waals surface area contributed by atoms with E-state index in [-0.39, 0.29) is 24.0 Å². The van der Waals surface area contributed by atoms with E-state index in [1.54, 1.807) is 13.1 Å². The molecule has 0 aromatic heterocycles. The maximum absolute atomic E-state index is 6.19. The van der Waals surface area contributed by atoms with Crippen molar-refractivity contribution in [3.05, 3.63) is 45.5 Å². The van der Waals surface area contributed by atoms with E-state index in [9.17, 15) is 0 Å². The lowest BCUT2D eigenvalue weighted by Gasteiger charge is -2.15. The van der Waals surface area contributed by atoms with E-state index >= 15 is 0 Å². The molecule has 0 aliphatic carbocycles. The highest BCUT2D eigenvalue weighted by atomic mass is 127. The molecule has 0 unspecified atom stereocenters. The summed E-state index contributed by atoms with van der Waals surface area (Å²) in [7, 11) is 1.79. The van der Waals surface area contributed by atoms with Gasteiger partial charge in [0.15, 0.2) is 5.96 Å². The lowest BCUT2D eigenvalue weighted by atomic mass is 10.1. The number of aryl methyl sites for hydroxylation is 1. The quantitative estimate of drug-likeness (QED) is 0.192. The van der Waals surface area contributed by atoms with Gasteiger partial charge in [0.1, 0.15) is 0 Å². The number of benzene rings is 1. The molecule has 1 aliphatic heterocycles. The summed E-state index contributed by atoms with van der Waals surface area (Å²) in [5.41, 5.74) is 2.58. The van der Waals surface area contributed by atoms with Crippen LogP contribution < -0.4 is 10.6 Å². The Balaban J connectivity index is 0.00000312. The summed E-state index contributed by atoms with van der Waals surface area (Å²) in [6.07, 6.45) is 6.13. The molecule has 0 bridgehead atoms. The minimum absolute atomic E-state index is 0. The smallest absolute Gasteiger partial charge is 0.190 e. The summed E-state index contributed by atoms with van der Waals surface area (Å²) in [5, 5.41) is 8.09. The molecular weight excluding hydrogens is 472 g/mol. The molecular formula is C18H26Cl2IN3O. The molecule has 0 radical (unpaired) electrons. The normalized spacial score (nSPS) is 14.5. The first kappa shape index (κ1) is 22.5. The molecule has 0 spiro atoms. The van der Waals surface area contributed by atoms with Crippen LogP contribution in [-0.2, 0) is 11.2 Å². The molecule has 1 heterocycles. The second-order valence-corrected chi connectivity index (χ2v) is 6.55. The number of hydrogen-bond acceptors (Lipinski definition) is 2. The Bertz CT molecular complexity index is 594. The van der Waals surface area contributed by atoms with Gasteiger partial charge in [-0.25, -0.2) is 0 Å². The van der Waals surface area contributed by atoms with Gasteiger partial charge in [-0.15, -0.1) is 24.0 Å². The van der Waals surface area contributed by atoms with Gasteiger partial charge in [-0.1, -0.05) is 40.9 Å². The van der Waals surface area contributed by atoms with Crippen molar-refractivity contribution in [3.63, 3.8) is 0 Å². The lowest BCUT2D eigenvalue weighted by molar-refractivity contribution is 0.153. The van der Waals surface area contributed by atoms with E-state index in [0.717, 1.165) is 68.5 Å². The third kappa shape index (κ3) is 8.62. The third-order valence-corrected chi connectivity index (χ3v) is 4.54. The van der Waals surface area contributed by atoms with Crippen molar-refractivity contribution in [2.24, 2.45) is 4.99 Å². The summed E-state index contributed by atoms with van der Waals surface area (Å²) >= 11 is 12.1. The second kappa shape index (κ2) is 12.8. The Kier molecular flexibility index (Phi) is 11.5. The molecule has 0 saturated carbocycles. The minimum Gasteiger partial charge on any atom is -0.377 e. The van der Waals surface area contributed by atoms with Crippen LogP contribution in [0.3, 0.4) is 0 Å². The summed E-state index contributed by atoms with van der Waals surface area (Å²) in [6.45, 7) is 3.31. The zero-order valence-corrected chi connectivity index (χ0v) is 18.3.